The summed E-state index contributed by atoms with van der Waals surface area (Å²) in [6.07, 6.45) is 0. The number of hydrazine groups is 1. The van der Waals surface area contributed by atoms with Crippen LogP contribution in [0, 0.1) is 0 Å². The second-order valence-corrected chi connectivity index (χ2v) is 6.47. The molecular weight excluding hydrogens is 428 g/mol. The van der Waals surface area contributed by atoms with Crippen molar-refractivity contribution in [2.45, 2.75) is 0 Å². The summed E-state index contributed by atoms with van der Waals surface area (Å²) in [5.74, 6) is -0.569. The molecule has 0 radical (unpaired) electrons. The van der Waals surface area contributed by atoms with E-state index in [0.29, 0.717) is 21.1 Å². The van der Waals surface area contributed by atoms with Gasteiger partial charge in [0.05, 0.1) is 10.2 Å². The summed E-state index contributed by atoms with van der Waals surface area (Å²) in [6, 6.07) is 14.1. The summed E-state index contributed by atoms with van der Waals surface area (Å²) in [4.78, 5) is 24.2. The Labute approximate surface area is 147 Å². The molecule has 2 aromatic carbocycles. The molecule has 3 rings (SSSR count). The first-order valence-corrected chi connectivity index (χ1v) is 8.17. The Morgan fingerprint density at radius 2 is 1.78 bits per heavy atom. The normalized spacial score (nSPS) is 10.5. The lowest BCUT2D eigenvalue weighted by molar-refractivity contribution is 0.0959. The molecule has 0 aliphatic rings. The number of carbonyl (C=O) groups is 1. The Bertz CT molecular complexity index is 939. The van der Waals surface area contributed by atoms with Gasteiger partial charge in [0.25, 0.3) is 5.91 Å². The van der Waals surface area contributed by atoms with Gasteiger partial charge in [-0.3, -0.25) is 15.6 Å². The van der Waals surface area contributed by atoms with Gasteiger partial charge in [-0.1, -0.05) is 34.1 Å². The van der Waals surface area contributed by atoms with Crippen molar-refractivity contribution >= 4 is 54.4 Å². The summed E-state index contributed by atoms with van der Waals surface area (Å²) in [5.41, 5.74) is 5.54. The number of anilines is 1. The van der Waals surface area contributed by atoms with Gasteiger partial charge in [0.2, 0.25) is 0 Å². The standard InChI is InChI=1S/C16H10Br2N2O3/c17-10-6-9-7-12(16(22)23-14(9)13(18)8-10)15(21)20-19-11-4-2-1-3-5-11/h1-8,19H,(H,20,21). The lowest BCUT2D eigenvalue weighted by Gasteiger charge is -2.08. The molecule has 1 amide bonds. The van der Waals surface area contributed by atoms with E-state index < -0.39 is 11.5 Å². The number of hydrogen-bond donors (Lipinski definition) is 2. The molecule has 1 heterocycles. The van der Waals surface area contributed by atoms with E-state index >= 15 is 0 Å². The van der Waals surface area contributed by atoms with Crippen LogP contribution in [-0.4, -0.2) is 5.91 Å². The molecule has 0 aliphatic heterocycles. The number of nitrogens with one attached hydrogen (secondary N) is 2. The quantitative estimate of drug-likeness (QED) is 0.478. The number of amides is 1. The Morgan fingerprint density at radius 1 is 1.04 bits per heavy atom. The zero-order valence-electron chi connectivity index (χ0n) is 11.6. The fourth-order valence-electron chi connectivity index (χ4n) is 2.03. The third-order valence-electron chi connectivity index (χ3n) is 3.09. The third-order valence-corrected chi connectivity index (χ3v) is 4.14. The second kappa shape index (κ2) is 6.55. The molecule has 0 saturated carbocycles. The number of rotatable bonds is 3. The van der Waals surface area contributed by atoms with Gasteiger partial charge in [0.15, 0.2) is 5.58 Å². The topological polar surface area (TPSA) is 71.3 Å². The lowest BCUT2D eigenvalue weighted by Crippen LogP contribution is -2.32. The van der Waals surface area contributed by atoms with Gasteiger partial charge in [-0.25, -0.2) is 4.79 Å². The minimum absolute atomic E-state index is 0.0778. The molecule has 0 unspecified atom stereocenters. The minimum Gasteiger partial charge on any atom is -0.421 e. The van der Waals surface area contributed by atoms with Gasteiger partial charge in [0, 0.05) is 9.86 Å². The first kappa shape index (κ1) is 15.8. The molecule has 0 aliphatic carbocycles. The molecule has 3 aromatic rings. The van der Waals surface area contributed by atoms with E-state index in [2.05, 4.69) is 42.7 Å². The molecular formula is C16H10Br2N2O3. The van der Waals surface area contributed by atoms with Gasteiger partial charge >= 0.3 is 5.63 Å². The van der Waals surface area contributed by atoms with Crippen molar-refractivity contribution in [1.29, 1.82) is 0 Å². The minimum atomic E-state index is -0.701. The highest BCUT2D eigenvalue weighted by Gasteiger charge is 2.15. The first-order valence-electron chi connectivity index (χ1n) is 6.59. The molecule has 0 bridgehead atoms. The predicted octanol–water partition coefficient (Wildman–Crippen LogP) is 4.07. The highest BCUT2D eigenvalue weighted by Crippen LogP contribution is 2.27. The van der Waals surface area contributed by atoms with Crippen molar-refractivity contribution in [2.75, 3.05) is 5.43 Å². The summed E-state index contributed by atoms with van der Waals surface area (Å²) >= 11 is 6.69. The Balaban J connectivity index is 1.91. The van der Waals surface area contributed by atoms with E-state index in [1.165, 1.54) is 6.07 Å². The average Bonchev–Trinajstić information content (AvgIpc) is 2.54. The highest BCUT2D eigenvalue weighted by atomic mass is 79.9. The summed E-state index contributed by atoms with van der Waals surface area (Å²) < 4.78 is 6.68. The van der Waals surface area contributed by atoms with Crippen molar-refractivity contribution in [1.82, 2.24) is 5.43 Å². The van der Waals surface area contributed by atoms with Crippen molar-refractivity contribution in [3.63, 3.8) is 0 Å². The summed E-state index contributed by atoms with van der Waals surface area (Å²) in [5, 5.41) is 0.635. The molecule has 0 spiro atoms. The molecule has 7 heteroatoms. The van der Waals surface area contributed by atoms with Gasteiger partial charge in [-0.15, -0.1) is 0 Å². The van der Waals surface area contributed by atoms with E-state index in [0.717, 1.165) is 4.47 Å². The molecule has 1 aromatic heterocycles. The van der Waals surface area contributed by atoms with Crippen LogP contribution in [0.3, 0.4) is 0 Å². The maximum atomic E-state index is 12.2. The van der Waals surface area contributed by atoms with E-state index in [9.17, 15) is 9.59 Å². The molecule has 0 fully saturated rings. The molecule has 0 atom stereocenters. The van der Waals surface area contributed by atoms with Crippen molar-refractivity contribution in [2.24, 2.45) is 0 Å². The largest absolute Gasteiger partial charge is 0.421 e. The van der Waals surface area contributed by atoms with Crippen LogP contribution in [0.5, 0.6) is 0 Å². The monoisotopic (exact) mass is 436 g/mol. The van der Waals surface area contributed by atoms with Crippen LogP contribution in [0.4, 0.5) is 5.69 Å². The highest BCUT2D eigenvalue weighted by molar-refractivity contribution is 9.11. The predicted molar refractivity (Wildman–Crippen MR) is 95.4 cm³/mol. The number of halogens is 2. The summed E-state index contributed by atoms with van der Waals surface area (Å²) in [6.45, 7) is 0. The number of carbonyl (C=O) groups excluding carboxylic acids is 1. The van der Waals surface area contributed by atoms with Gasteiger partial charge in [0.1, 0.15) is 5.56 Å². The maximum absolute atomic E-state index is 12.2. The Kier molecular flexibility index (Phi) is 4.49. The summed E-state index contributed by atoms with van der Waals surface area (Å²) in [7, 11) is 0. The second-order valence-electron chi connectivity index (χ2n) is 4.70. The van der Waals surface area contributed by atoms with Crippen molar-refractivity contribution in [3.8, 4) is 0 Å². The SMILES string of the molecule is O=C(NNc1ccccc1)c1cc2cc(Br)cc(Br)c2oc1=O. The zero-order valence-corrected chi connectivity index (χ0v) is 14.8. The smallest absolute Gasteiger partial charge is 0.349 e. The molecule has 5 nitrogen and oxygen atoms in total. The lowest BCUT2D eigenvalue weighted by atomic mass is 10.2. The van der Waals surface area contributed by atoms with Crippen molar-refractivity contribution < 1.29 is 9.21 Å². The molecule has 0 saturated heterocycles. The van der Waals surface area contributed by atoms with E-state index in [4.69, 9.17) is 4.42 Å². The Hall–Kier alpha value is -2.12. The molecule has 23 heavy (non-hydrogen) atoms. The van der Waals surface area contributed by atoms with Crippen LogP contribution in [0.25, 0.3) is 11.0 Å². The van der Waals surface area contributed by atoms with Crippen LogP contribution >= 0.6 is 31.9 Å². The fraction of sp³-hybridized carbons (Fsp3) is 0. The maximum Gasteiger partial charge on any atom is 0.349 e. The number of fused-ring (bicyclic) bond motifs is 1. The number of para-hydroxylation sites is 1. The molecule has 2 N–H and O–H groups in total. The van der Waals surface area contributed by atoms with Gasteiger partial charge in [-0.05, 0) is 46.3 Å². The van der Waals surface area contributed by atoms with Crippen LogP contribution in [0.2, 0.25) is 0 Å². The van der Waals surface area contributed by atoms with E-state index in [-0.39, 0.29) is 5.56 Å². The van der Waals surface area contributed by atoms with Gasteiger partial charge in [-0.2, -0.15) is 0 Å². The Morgan fingerprint density at radius 3 is 2.52 bits per heavy atom. The number of hydrogen-bond acceptors (Lipinski definition) is 4. The van der Waals surface area contributed by atoms with E-state index in [1.807, 2.05) is 18.2 Å². The van der Waals surface area contributed by atoms with Crippen LogP contribution in [0.15, 0.2) is 66.7 Å². The van der Waals surface area contributed by atoms with Crippen molar-refractivity contribution in [3.05, 3.63) is 73.5 Å². The third kappa shape index (κ3) is 3.46. The van der Waals surface area contributed by atoms with E-state index in [1.54, 1.807) is 24.3 Å². The zero-order chi connectivity index (χ0) is 16.4. The average molecular weight is 438 g/mol. The van der Waals surface area contributed by atoms with Crippen LogP contribution in [0.1, 0.15) is 10.4 Å². The van der Waals surface area contributed by atoms with Crippen LogP contribution < -0.4 is 16.5 Å². The molecule has 116 valence electrons. The first-order chi connectivity index (χ1) is 11.0. The number of benzene rings is 2. The van der Waals surface area contributed by atoms with Gasteiger partial charge < -0.3 is 4.42 Å². The van der Waals surface area contributed by atoms with Crippen LogP contribution in [-0.2, 0) is 0 Å². The fourth-order valence-corrected chi connectivity index (χ4v) is 3.37.